The minimum atomic E-state index is -3.07. The number of carbonyl (C=O) groups excluding carboxylic acids is 1. The predicted octanol–water partition coefficient (Wildman–Crippen LogP) is 0.582. The van der Waals surface area contributed by atoms with Crippen LogP contribution in [0.25, 0.3) is 5.69 Å². The van der Waals surface area contributed by atoms with E-state index in [1.54, 1.807) is 37.3 Å². The van der Waals surface area contributed by atoms with Crippen LogP contribution in [0.4, 0.5) is 5.82 Å². The van der Waals surface area contributed by atoms with E-state index in [1.807, 2.05) is 0 Å². The Morgan fingerprint density at radius 2 is 2.00 bits per heavy atom. The molecule has 3 fully saturated rings. The molecule has 3 aliphatic heterocycles. The highest BCUT2D eigenvalue weighted by atomic mass is 32.2. The molecule has 0 radical (unpaired) electrons. The predicted molar refractivity (Wildman–Crippen MR) is 122 cm³/mol. The normalized spacial score (nSPS) is 37.5. The maximum absolute atomic E-state index is 13.0. The Hall–Kier alpha value is -2.23. The van der Waals surface area contributed by atoms with E-state index >= 15 is 0 Å². The molecule has 4 heterocycles. The second-order valence-corrected chi connectivity index (χ2v) is 9.32. The van der Waals surface area contributed by atoms with Crippen LogP contribution < -0.4 is 10.2 Å². The summed E-state index contributed by atoms with van der Waals surface area (Å²) in [5, 5.41) is 7.33. The van der Waals surface area contributed by atoms with Crippen molar-refractivity contribution in [2.24, 2.45) is 0 Å². The molecule has 3 saturated heterocycles. The molecule has 5 rings (SSSR count). The Balaban J connectivity index is 1.53. The lowest BCUT2D eigenvalue weighted by Crippen LogP contribution is -2.51. The fraction of sp³-hybridized carbons (Fsp3) is 0.545. The Morgan fingerprint density at radius 1 is 1.23 bits per heavy atom. The molecular weight excluding hydrogens is 412 g/mol. The number of hydrogen-bond donors (Lipinski definition) is 1. The van der Waals surface area contributed by atoms with Gasteiger partial charge in [0.15, 0.2) is 0 Å². The smallest absolute Gasteiger partial charge is 0.240 e. The molecule has 9 heteroatoms. The minimum absolute atomic E-state index is 0.0560. The fourth-order valence-corrected chi connectivity index (χ4v) is 5.13. The van der Waals surface area contributed by atoms with E-state index < -0.39 is 48.9 Å². The molecule has 1 amide bonds. The van der Waals surface area contributed by atoms with Crippen LogP contribution in [0.15, 0.2) is 36.4 Å². The third-order valence-corrected chi connectivity index (χ3v) is 6.82. The Labute approximate surface area is 196 Å². The molecule has 0 bridgehead atoms. The van der Waals surface area contributed by atoms with Crippen LogP contribution in [0.1, 0.15) is 23.1 Å². The highest BCUT2D eigenvalue weighted by Crippen LogP contribution is 2.24. The molecule has 1 unspecified atom stereocenters. The standard InChI is InChI=1S/C22H30N6O2S/c1-17-13-21(28(24-17)18-5-3-2-4-6-18)26-9-7-25(8-10-26)19-14-20(23-15-19)22(29)27-11-12-31(30)16-27/h2-6,13,19-20,23H,7-12,14-16H2,1H3/t19-,20-,31?/m0/s1/i7D2,8D2,9D2,10D2. The summed E-state index contributed by atoms with van der Waals surface area (Å²) in [6.45, 7) is -10.3. The number of aromatic nitrogens is 2. The highest BCUT2D eigenvalue weighted by molar-refractivity contribution is 7.85. The molecular formula is C22H30N6O2S. The van der Waals surface area contributed by atoms with Crippen molar-refractivity contribution in [3.05, 3.63) is 42.1 Å². The summed E-state index contributed by atoms with van der Waals surface area (Å²) >= 11 is 0. The van der Waals surface area contributed by atoms with E-state index in [9.17, 15) is 9.00 Å². The molecule has 1 N–H and O–H groups in total. The third kappa shape index (κ3) is 4.26. The Morgan fingerprint density at radius 3 is 2.71 bits per heavy atom. The van der Waals surface area contributed by atoms with E-state index in [0.29, 0.717) is 33.5 Å². The lowest BCUT2D eigenvalue weighted by atomic mass is 10.1. The van der Waals surface area contributed by atoms with Crippen molar-refractivity contribution in [1.29, 1.82) is 0 Å². The van der Waals surface area contributed by atoms with Crippen molar-refractivity contribution < 1.29 is 20.0 Å². The van der Waals surface area contributed by atoms with Crippen LogP contribution in [0.5, 0.6) is 0 Å². The summed E-state index contributed by atoms with van der Waals surface area (Å²) in [5.41, 5.74) is 0.883. The maximum atomic E-state index is 13.0. The molecule has 0 spiro atoms. The SMILES string of the molecule is [2H]C1([2H])N(c2cc(C)nn2-c2ccccc2)C([2H])([2H])C([2H])([2H])N([C@@H]2CN[C@H](C(=O)N3CCS(=O)C3)C2)C1([2H])[2H]. The zero-order chi connectivity index (χ0) is 28.5. The van der Waals surface area contributed by atoms with Crippen molar-refractivity contribution in [1.82, 2.24) is 24.9 Å². The first kappa shape index (κ1) is 13.3. The number of para-hydroxylation sites is 1. The first-order valence-electron chi connectivity index (χ1n) is 14.2. The highest BCUT2D eigenvalue weighted by Gasteiger charge is 2.37. The van der Waals surface area contributed by atoms with Crippen LogP contribution in [-0.2, 0) is 15.6 Å². The molecule has 166 valence electrons. The summed E-state index contributed by atoms with van der Waals surface area (Å²) in [4.78, 5) is 15.5. The van der Waals surface area contributed by atoms with Gasteiger partial charge in [-0.15, -0.1) is 0 Å². The largest absolute Gasteiger partial charge is 0.354 e. The monoisotopic (exact) mass is 450 g/mol. The summed E-state index contributed by atoms with van der Waals surface area (Å²) in [6.07, 6.45) is -0.0613. The van der Waals surface area contributed by atoms with Crippen molar-refractivity contribution in [2.75, 3.05) is 55.6 Å². The number of anilines is 1. The Bertz CT molecular complexity index is 1260. The quantitative estimate of drug-likeness (QED) is 0.735. The van der Waals surface area contributed by atoms with Crippen molar-refractivity contribution >= 4 is 22.5 Å². The number of nitrogens with zero attached hydrogens (tertiary/aromatic N) is 5. The zero-order valence-electron chi connectivity index (χ0n) is 25.1. The zero-order valence-corrected chi connectivity index (χ0v) is 17.9. The van der Waals surface area contributed by atoms with E-state index in [1.165, 1.54) is 15.6 Å². The number of rotatable bonds is 4. The first-order chi connectivity index (χ1) is 18.1. The van der Waals surface area contributed by atoms with Gasteiger partial charge >= 0.3 is 0 Å². The van der Waals surface area contributed by atoms with E-state index in [-0.39, 0.29) is 30.6 Å². The first-order valence-corrected chi connectivity index (χ1v) is 11.7. The summed E-state index contributed by atoms with van der Waals surface area (Å²) in [7, 11) is -1.13. The number of amides is 1. The number of aryl methyl sites for hydroxylation is 1. The summed E-state index contributed by atoms with van der Waals surface area (Å²) in [6, 6.07) is 8.12. The summed E-state index contributed by atoms with van der Waals surface area (Å²) < 4.78 is 84.2. The maximum Gasteiger partial charge on any atom is 0.240 e. The van der Waals surface area contributed by atoms with Gasteiger partial charge < -0.3 is 15.1 Å². The van der Waals surface area contributed by atoms with Crippen LogP contribution >= 0.6 is 0 Å². The van der Waals surface area contributed by atoms with Gasteiger partial charge in [-0.1, -0.05) is 18.2 Å². The van der Waals surface area contributed by atoms with E-state index in [0.717, 1.165) is 0 Å². The number of hydrogen-bond acceptors (Lipinski definition) is 6. The second-order valence-electron chi connectivity index (χ2n) is 7.77. The molecule has 2 aromatic rings. The van der Waals surface area contributed by atoms with Gasteiger partial charge in [0.2, 0.25) is 5.91 Å². The van der Waals surface area contributed by atoms with Gasteiger partial charge in [0, 0.05) is 73.2 Å². The van der Waals surface area contributed by atoms with Crippen LogP contribution in [0, 0.1) is 6.92 Å². The minimum Gasteiger partial charge on any atom is -0.354 e. The number of piperazine rings is 1. The number of nitrogens with one attached hydrogen (secondary N) is 1. The van der Waals surface area contributed by atoms with Gasteiger partial charge in [0.1, 0.15) is 5.82 Å². The average Bonchev–Trinajstić information content (AvgIpc) is 3.58. The fourth-order valence-electron chi connectivity index (χ4n) is 3.98. The molecule has 0 saturated carbocycles. The van der Waals surface area contributed by atoms with Crippen molar-refractivity contribution in [3.8, 4) is 5.69 Å². The van der Waals surface area contributed by atoms with E-state index in [2.05, 4.69) is 10.4 Å². The average molecular weight is 451 g/mol. The van der Waals surface area contributed by atoms with Gasteiger partial charge in [0.05, 0.1) is 28.8 Å². The van der Waals surface area contributed by atoms with Crippen LogP contribution in [-0.4, -0.2) is 92.5 Å². The third-order valence-electron chi connectivity index (χ3n) is 5.58. The lowest BCUT2D eigenvalue weighted by Gasteiger charge is -2.38. The molecule has 1 aromatic carbocycles. The van der Waals surface area contributed by atoms with Gasteiger partial charge in [-0.3, -0.25) is 13.9 Å². The lowest BCUT2D eigenvalue weighted by molar-refractivity contribution is -0.131. The molecule has 0 aliphatic carbocycles. The molecule has 3 atom stereocenters. The van der Waals surface area contributed by atoms with Crippen LogP contribution in [0.3, 0.4) is 0 Å². The molecule has 31 heavy (non-hydrogen) atoms. The van der Waals surface area contributed by atoms with Gasteiger partial charge in [-0.05, 0) is 25.5 Å². The number of benzene rings is 1. The van der Waals surface area contributed by atoms with Gasteiger partial charge in [-0.25, -0.2) is 4.68 Å². The topological polar surface area (TPSA) is 73.7 Å². The summed E-state index contributed by atoms with van der Waals surface area (Å²) in [5.74, 6) is -0.00663. The van der Waals surface area contributed by atoms with Crippen molar-refractivity contribution in [3.63, 3.8) is 0 Å². The Kier molecular flexibility index (Phi) is 3.76. The second kappa shape index (κ2) is 8.72. The van der Waals surface area contributed by atoms with Gasteiger partial charge in [0.25, 0.3) is 0 Å². The van der Waals surface area contributed by atoms with E-state index in [4.69, 9.17) is 11.0 Å². The van der Waals surface area contributed by atoms with Crippen molar-refractivity contribution in [2.45, 2.75) is 25.4 Å². The molecule has 1 aromatic heterocycles. The van der Waals surface area contributed by atoms with Gasteiger partial charge in [-0.2, -0.15) is 5.10 Å². The molecule has 3 aliphatic rings. The van der Waals surface area contributed by atoms with Crippen LogP contribution in [0.2, 0.25) is 0 Å². The number of carbonyl (C=O) groups is 1. The molecule has 8 nitrogen and oxygen atoms in total.